The molecule has 1 saturated heterocycles. The molecule has 1 aliphatic rings. The highest BCUT2D eigenvalue weighted by molar-refractivity contribution is 4.89. The number of aliphatic hydroxyl groups is 1. The number of hydrogen-bond acceptors (Lipinski definition) is 2. The summed E-state index contributed by atoms with van der Waals surface area (Å²) in [5, 5.41) is 8.93. The van der Waals surface area contributed by atoms with Crippen molar-refractivity contribution in [3.63, 3.8) is 0 Å². The van der Waals surface area contributed by atoms with Crippen molar-refractivity contribution in [1.82, 2.24) is 0 Å². The van der Waals surface area contributed by atoms with Crippen LogP contribution < -0.4 is 0 Å². The topological polar surface area (TPSA) is 29.5 Å². The van der Waals surface area contributed by atoms with Crippen molar-refractivity contribution in [1.29, 1.82) is 0 Å². The predicted molar refractivity (Wildman–Crippen MR) is 39.9 cm³/mol. The van der Waals surface area contributed by atoms with Gasteiger partial charge in [0.1, 0.15) is 0 Å². The number of aliphatic hydroxyl groups excluding tert-OH is 1. The fourth-order valence-corrected chi connectivity index (χ4v) is 1.45. The summed E-state index contributed by atoms with van der Waals surface area (Å²) in [6.07, 6.45) is 2.01. The summed E-state index contributed by atoms with van der Waals surface area (Å²) in [4.78, 5) is 0. The summed E-state index contributed by atoms with van der Waals surface area (Å²) in [6.45, 7) is 6.22. The molecule has 2 heteroatoms. The van der Waals surface area contributed by atoms with Crippen molar-refractivity contribution >= 4 is 0 Å². The second-order valence-corrected chi connectivity index (χ2v) is 3.97. The Morgan fingerprint density at radius 1 is 1.30 bits per heavy atom. The Hall–Kier alpha value is -0.0800. The van der Waals surface area contributed by atoms with Crippen molar-refractivity contribution in [2.45, 2.75) is 44.8 Å². The van der Waals surface area contributed by atoms with Crippen LogP contribution in [-0.4, -0.2) is 22.9 Å². The molecule has 1 fully saturated rings. The van der Waals surface area contributed by atoms with Gasteiger partial charge in [-0.1, -0.05) is 0 Å². The Morgan fingerprint density at radius 3 is 2.10 bits per heavy atom. The van der Waals surface area contributed by atoms with Gasteiger partial charge in [0.25, 0.3) is 0 Å². The monoisotopic (exact) mass is 144 g/mol. The first-order valence-electron chi connectivity index (χ1n) is 3.79. The third-order valence-electron chi connectivity index (χ3n) is 2.11. The predicted octanol–water partition coefficient (Wildman–Crippen LogP) is 1.33. The molecule has 0 aromatic rings. The quantitative estimate of drug-likeness (QED) is 0.601. The molecular weight excluding hydrogens is 128 g/mol. The summed E-state index contributed by atoms with van der Waals surface area (Å²) in [5.74, 6) is 0. The minimum Gasteiger partial charge on any atom is -0.393 e. The maximum absolute atomic E-state index is 8.93. The first-order valence-corrected chi connectivity index (χ1v) is 3.79. The van der Waals surface area contributed by atoms with E-state index in [-0.39, 0.29) is 17.8 Å². The molecular formula is C8H16O2. The zero-order valence-corrected chi connectivity index (χ0v) is 6.98. The zero-order valence-electron chi connectivity index (χ0n) is 6.98. The highest BCUT2D eigenvalue weighted by Gasteiger charge is 2.39. The molecule has 1 heterocycles. The highest BCUT2D eigenvalue weighted by Crippen LogP contribution is 2.36. The maximum atomic E-state index is 8.93. The normalized spacial score (nSPS) is 38.4. The largest absolute Gasteiger partial charge is 0.393 e. The lowest BCUT2D eigenvalue weighted by Gasteiger charge is -2.25. The average Bonchev–Trinajstić information content (AvgIpc) is 2.08. The first kappa shape index (κ1) is 8.02. The molecule has 0 aromatic carbocycles. The molecule has 1 rings (SSSR count). The van der Waals surface area contributed by atoms with Gasteiger partial charge in [-0.2, -0.15) is 0 Å². The first-order chi connectivity index (χ1) is 4.47. The summed E-state index contributed by atoms with van der Waals surface area (Å²) in [5.41, 5.74) is -0.305. The van der Waals surface area contributed by atoms with E-state index in [0.717, 1.165) is 12.8 Å². The van der Waals surface area contributed by atoms with Crippen molar-refractivity contribution in [2.24, 2.45) is 0 Å². The van der Waals surface area contributed by atoms with E-state index >= 15 is 0 Å². The van der Waals surface area contributed by atoms with Crippen LogP contribution >= 0.6 is 0 Å². The van der Waals surface area contributed by atoms with Crippen LogP contribution in [0.3, 0.4) is 0 Å². The molecule has 1 aliphatic heterocycles. The van der Waals surface area contributed by atoms with E-state index in [1.165, 1.54) is 0 Å². The third-order valence-corrected chi connectivity index (χ3v) is 2.11. The van der Waals surface area contributed by atoms with Crippen LogP contribution in [0.1, 0.15) is 33.6 Å². The molecule has 0 aliphatic carbocycles. The lowest BCUT2D eigenvalue weighted by Crippen LogP contribution is -2.32. The molecule has 1 atom stereocenters. The van der Waals surface area contributed by atoms with Gasteiger partial charge in [0, 0.05) is 0 Å². The lowest BCUT2D eigenvalue weighted by molar-refractivity contribution is -0.0985. The summed E-state index contributed by atoms with van der Waals surface area (Å²) in [6, 6.07) is 0. The summed E-state index contributed by atoms with van der Waals surface area (Å²) in [7, 11) is 0. The van der Waals surface area contributed by atoms with Gasteiger partial charge in [0.2, 0.25) is 0 Å². The Balaban J connectivity index is 2.57. The second-order valence-electron chi connectivity index (χ2n) is 3.97. The summed E-state index contributed by atoms with van der Waals surface area (Å²) < 4.78 is 5.64. The van der Waals surface area contributed by atoms with Crippen LogP contribution in [0.4, 0.5) is 0 Å². The molecule has 10 heavy (non-hydrogen) atoms. The van der Waals surface area contributed by atoms with E-state index in [1.54, 1.807) is 0 Å². The highest BCUT2D eigenvalue weighted by atomic mass is 16.5. The van der Waals surface area contributed by atoms with E-state index < -0.39 is 0 Å². The van der Waals surface area contributed by atoms with Crippen molar-refractivity contribution < 1.29 is 9.84 Å². The standard InChI is InChI=1S/C8H16O2/c1-7(2)4-5-8(3,6-9)10-7/h9H,4-6H2,1-3H3. The van der Waals surface area contributed by atoms with Crippen molar-refractivity contribution in [3.05, 3.63) is 0 Å². The van der Waals surface area contributed by atoms with Gasteiger partial charge in [-0.05, 0) is 33.6 Å². The van der Waals surface area contributed by atoms with Crippen molar-refractivity contribution in [2.75, 3.05) is 6.61 Å². The third kappa shape index (κ3) is 1.50. The number of ether oxygens (including phenoxy) is 1. The van der Waals surface area contributed by atoms with Gasteiger partial charge in [-0.15, -0.1) is 0 Å². The van der Waals surface area contributed by atoms with Gasteiger partial charge < -0.3 is 9.84 Å². The SMILES string of the molecule is CC1(C)CCC(C)(CO)O1. The number of hydrogen-bond donors (Lipinski definition) is 1. The maximum Gasteiger partial charge on any atom is 0.0892 e. The van der Waals surface area contributed by atoms with Gasteiger partial charge in [-0.3, -0.25) is 0 Å². The molecule has 1 N–H and O–H groups in total. The van der Waals surface area contributed by atoms with Crippen LogP contribution in [-0.2, 0) is 4.74 Å². The molecule has 0 bridgehead atoms. The minimum absolute atomic E-state index is 0.0303. The molecule has 0 amide bonds. The minimum atomic E-state index is -0.274. The Kier molecular flexibility index (Phi) is 1.77. The van der Waals surface area contributed by atoms with Crippen LogP contribution in [0.15, 0.2) is 0 Å². The van der Waals surface area contributed by atoms with E-state index in [2.05, 4.69) is 13.8 Å². The van der Waals surface area contributed by atoms with Crippen molar-refractivity contribution in [3.8, 4) is 0 Å². The summed E-state index contributed by atoms with van der Waals surface area (Å²) >= 11 is 0. The van der Waals surface area contributed by atoms with Gasteiger partial charge in [0.15, 0.2) is 0 Å². The van der Waals surface area contributed by atoms with E-state index in [0.29, 0.717) is 0 Å². The smallest absolute Gasteiger partial charge is 0.0892 e. The van der Waals surface area contributed by atoms with Crippen LogP contribution in [0.5, 0.6) is 0 Å². The molecule has 60 valence electrons. The molecule has 0 spiro atoms. The van der Waals surface area contributed by atoms with E-state index in [4.69, 9.17) is 9.84 Å². The lowest BCUT2D eigenvalue weighted by atomic mass is 10.0. The Bertz CT molecular complexity index is 131. The van der Waals surface area contributed by atoms with E-state index in [9.17, 15) is 0 Å². The molecule has 1 unspecified atom stereocenters. The molecule has 0 aromatic heterocycles. The van der Waals surface area contributed by atoms with Crippen LogP contribution in [0, 0.1) is 0 Å². The zero-order chi connectivity index (χ0) is 7.83. The van der Waals surface area contributed by atoms with Gasteiger partial charge in [-0.25, -0.2) is 0 Å². The average molecular weight is 144 g/mol. The fraction of sp³-hybridized carbons (Fsp3) is 1.00. The number of rotatable bonds is 1. The second kappa shape index (κ2) is 2.21. The molecule has 0 saturated carbocycles. The van der Waals surface area contributed by atoms with Gasteiger partial charge in [0.05, 0.1) is 17.8 Å². The Labute approximate surface area is 62.2 Å². The van der Waals surface area contributed by atoms with Gasteiger partial charge >= 0.3 is 0 Å². The van der Waals surface area contributed by atoms with E-state index in [1.807, 2.05) is 6.92 Å². The Morgan fingerprint density at radius 2 is 1.90 bits per heavy atom. The van der Waals surface area contributed by atoms with Crippen LogP contribution in [0.25, 0.3) is 0 Å². The van der Waals surface area contributed by atoms with Crippen LogP contribution in [0.2, 0.25) is 0 Å². The molecule has 0 radical (unpaired) electrons. The molecule has 2 nitrogen and oxygen atoms in total. The fourth-order valence-electron chi connectivity index (χ4n) is 1.45.